The van der Waals surface area contributed by atoms with Crippen LogP contribution in [0.25, 0.3) is 17.2 Å². The van der Waals surface area contributed by atoms with Crippen LogP contribution in [0.3, 0.4) is 0 Å². The standard InChI is InChI=1S/C19H22/c1-15-7-5-6-8-18(15)17-11-9-16(10-12-17)13-14-19(2,3)4/h5-14H,1-4H3/b14-13+. The molecule has 0 aliphatic carbocycles. The molecule has 0 heteroatoms. The van der Waals surface area contributed by atoms with E-state index in [1.54, 1.807) is 0 Å². The van der Waals surface area contributed by atoms with Gasteiger partial charge in [-0.1, -0.05) is 81.5 Å². The zero-order chi connectivity index (χ0) is 13.9. The fourth-order valence-electron chi connectivity index (χ4n) is 2.02. The molecule has 0 radical (unpaired) electrons. The largest absolute Gasteiger partial charge is 0.0785 e. The summed E-state index contributed by atoms with van der Waals surface area (Å²) in [5.41, 5.74) is 5.40. The molecule has 0 atom stereocenters. The maximum atomic E-state index is 2.25. The van der Waals surface area contributed by atoms with E-state index in [9.17, 15) is 0 Å². The SMILES string of the molecule is Cc1ccccc1-c1ccc(/C=C/C(C)(C)C)cc1. The molecule has 0 heterocycles. The third kappa shape index (κ3) is 3.82. The van der Waals surface area contributed by atoms with Crippen molar-refractivity contribution in [2.75, 3.05) is 0 Å². The van der Waals surface area contributed by atoms with E-state index in [0.29, 0.717) is 0 Å². The smallest absolute Gasteiger partial charge is 0.0155 e. The molecule has 0 nitrogen and oxygen atoms in total. The molecule has 2 rings (SSSR count). The molecule has 2 aromatic carbocycles. The maximum Gasteiger partial charge on any atom is -0.0155 e. The van der Waals surface area contributed by atoms with Gasteiger partial charge in [0, 0.05) is 0 Å². The Bertz CT molecular complexity index is 566. The van der Waals surface area contributed by atoms with Gasteiger partial charge in [-0.05, 0) is 34.6 Å². The van der Waals surface area contributed by atoms with Crippen molar-refractivity contribution >= 4 is 6.08 Å². The molecule has 19 heavy (non-hydrogen) atoms. The van der Waals surface area contributed by atoms with Crippen LogP contribution in [0.15, 0.2) is 54.6 Å². The lowest BCUT2D eigenvalue weighted by Gasteiger charge is -2.11. The zero-order valence-corrected chi connectivity index (χ0v) is 12.3. The van der Waals surface area contributed by atoms with E-state index in [0.717, 1.165) is 0 Å². The van der Waals surface area contributed by atoms with Crippen LogP contribution < -0.4 is 0 Å². The average Bonchev–Trinajstić information content (AvgIpc) is 2.37. The number of allylic oxidation sites excluding steroid dienone is 1. The second-order valence-corrected chi connectivity index (χ2v) is 6.14. The van der Waals surface area contributed by atoms with Crippen LogP contribution in [0.1, 0.15) is 31.9 Å². The lowest BCUT2D eigenvalue weighted by atomic mass is 9.94. The fourth-order valence-corrected chi connectivity index (χ4v) is 2.02. The van der Waals surface area contributed by atoms with Gasteiger partial charge in [-0.25, -0.2) is 0 Å². The molecule has 2 aromatic rings. The molecule has 0 fully saturated rings. The van der Waals surface area contributed by atoms with Crippen LogP contribution in [0.5, 0.6) is 0 Å². The summed E-state index contributed by atoms with van der Waals surface area (Å²) in [4.78, 5) is 0. The van der Waals surface area contributed by atoms with Crippen LogP contribution in [0.2, 0.25) is 0 Å². The molecule has 0 aromatic heterocycles. The minimum absolute atomic E-state index is 0.231. The minimum atomic E-state index is 0.231. The van der Waals surface area contributed by atoms with Gasteiger partial charge in [0.1, 0.15) is 0 Å². The van der Waals surface area contributed by atoms with Gasteiger partial charge in [0.15, 0.2) is 0 Å². The van der Waals surface area contributed by atoms with Gasteiger partial charge in [-0.15, -0.1) is 0 Å². The van der Waals surface area contributed by atoms with Crippen molar-refractivity contribution in [2.45, 2.75) is 27.7 Å². The lowest BCUT2D eigenvalue weighted by Crippen LogP contribution is -1.97. The van der Waals surface area contributed by atoms with Crippen molar-refractivity contribution in [1.29, 1.82) is 0 Å². The second kappa shape index (κ2) is 5.44. The fraction of sp³-hybridized carbons (Fsp3) is 0.263. The van der Waals surface area contributed by atoms with E-state index >= 15 is 0 Å². The number of hydrogen-bond acceptors (Lipinski definition) is 0. The molecule has 0 unspecified atom stereocenters. The van der Waals surface area contributed by atoms with E-state index in [2.05, 4.69) is 88.4 Å². The Kier molecular flexibility index (Phi) is 3.90. The predicted molar refractivity (Wildman–Crippen MR) is 85.1 cm³/mol. The number of hydrogen-bond donors (Lipinski definition) is 0. The molecular formula is C19H22. The molecular weight excluding hydrogens is 228 g/mol. The second-order valence-electron chi connectivity index (χ2n) is 6.14. The highest BCUT2D eigenvalue weighted by atomic mass is 14.1. The zero-order valence-electron chi connectivity index (χ0n) is 12.3. The van der Waals surface area contributed by atoms with E-state index in [4.69, 9.17) is 0 Å². The first-order chi connectivity index (χ1) is 8.96. The van der Waals surface area contributed by atoms with Crippen LogP contribution in [-0.4, -0.2) is 0 Å². The monoisotopic (exact) mass is 250 g/mol. The van der Waals surface area contributed by atoms with Crippen molar-refractivity contribution in [1.82, 2.24) is 0 Å². The van der Waals surface area contributed by atoms with Gasteiger partial charge >= 0.3 is 0 Å². The van der Waals surface area contributed by atoms with Crippen molar-refractivity contribution in [2.24, 2.45) is 5.41 Å². The Morgan fingerprint density at radius 3 is 2.05 bits per heavy atom. The molecule has 0 spiro atoms. The Morgan fingerprint density at radius 2 is 1.47 bits per heavy atom. The number of benzene rings is 2. The first-order valence-electron chi connectivity index (χ1n) is 6.81. The molecule has 0 N–H and O–H groups in total. The Hall–Kier alpha value is -1.82. The summed E-state index contributed by atoms with van der Waals surface area (Å²) in [6.45, 7) is 8.80. The molecule has 0 aliphatic heterocycles. The van der Waals surface area contributed by atoms with Crippen LogP contribution in [-0.2, 0) is 0 Å². The molecule has 98 valence electrons. The number of aryl methyl sites for hydroxylation is 1. The van der Waals surface area contributed by atoms with Gasteiger partial charge in [-0.3, -0.25) is 0 Å². The van der Waals surface area contributed by atoms with Crippen LogP contribution >= 0.6 is 0 Å². The van der Waals surface area contributed by atoms with E-state index in [1.807, 2.05) is 0 Å². The Balaban J connectivity index is 2.25. The minimum Gasteiger partial charge on any atom is -0.0785 e. The highest BCUT2D eigenvalue weighted by Gasteiger charge is 2.04. The Morgan fingerprint density at radius 1 is 0.842 bits per heavy atom. The van der Waals surface area contributed by atoms with Gasteiger partial charge in [0.05, 0.1) is 0 Å². The maximum absolute atomic E-state index is 2.25. The summed E-state index contributed by atoms with van der Waals surface area (Å²) in [5, 5.41) is 0. The van der Waals surface area contributed by atoms with Gasteiger partial charge in [-0.2, -0.15) is 0 Å². The highest BCUT2D eigenvalue weighted by Crippen LogP contribution is 2.24. The van der Waals surface area contributed by atoms with Crippen molar-refractivity contribution in [3.63, 3.8) is 0 Å². The summed E-state index contributed by atoms with van der Waals surface area (Å²) in [7, 11) is 0. The van der Waals surface area contributed by atoms with E-state index in [-0.39, 0.29) is 5.41 Å². The van der Waals surface area contributed by atoms with E-state index < -0.39 is 0 Å². The molecule has 0 amide bonds. The predicted octanol–water partition coefficient (Wildman–Crippen LogP) is 5.72. The third-order valence-corrected chi connectivity index (χ3v) is 3.14. The number of rotatable bonds is 2. The quantitative estimate of drug-likeness (QED) is 0.639. The normalized spacial score (nSPS) is 12.0. The summed E-state index contributed by atoms with van der Waals surface area (Å²) in [5.74, 6) is 0. The average molecular weight is 250 g/mol. The highest BCUT2D eigenvalue weighted by molar-refractivity contribution is 5.68. The summed E-state index contributed by atoms with van der Waals surface area (Å²) < 4.78 is 0. The van der Waals surface area contributed by atoms with Crippen molar-refractivity contribution < 1.29 is 0 Å². The van der Waals surface area contributed by atoms with Crippen LogP contribution in [0, 0.1) is 12.3 Å². The molecule has 0 bridgehead atoms. The first-order valence-corrected chi connectivity index (χ1v) is 6.81. The van der Waals surface area contributed by atoms with Crippen LogP contribution in [0.4, 0.5) is 0 Å². The summed E-state index contributed by atoms with van der Waals surface area (Å²) in [6, 6.07) is 17.3. The molecule has 0 aliphatic rings. The molecule has 0 saturated heterocycles. The topological polar surface area (TPSA) is 0 Å². The van der Waals surface area contributed by atoms with Gasteiger partial charge < -0.3 is 0 Å². The molecule has 0 saturated carbocycles. The van der Waals surface area contributed by atoms with Gasteiger partial charge in [0.25, 0.3) is 0 Å². The van der Waals surface area contributed by atoms with Gasteiger partial charge in [0.2, 0.25) is 0 Å². The van der Waals surface area contributed by atoms with Crippen molar-refractivity contribution in [3.05, 3.63) is 65.7 Å². The van der Waals surface area contributed by atoms with Crippen molar-refractivity contribution in [3.8, 4) is 11.1 Å². The van der Waals surface area contributed by atoms with E-state index in [1.165, 1.54) is 22.3 Å². The Labute approximate surface area is 116 Å². The summed E-state index contributed by atoms with van der Waals surface area (Å²) >= 11 is 0. The first kappa shape index (κ1) is 13.6. The summed E-state index contributed by atoms with van der Waals surface area (Å²) in [6.07, 6.45) is 4.44. The lowest BCUT2D eigenvalue weighted by molar-refractivity contribution is 0.547. The third-order valence-electron chi connectivity index (χ3n) is 3.14.